The van der Waals surface area contributed by atoms with Crippen LogP contribution >= 0.6 is 23.2 Å². The third kappa shape index (κ3) is 2.50. The molecule has 1 atom stereocenters. The molecule has 1 aromatic rings. The molecule has 1 heterocycles. The average molecular weight is 302 g/mol. The molecule has 1 unspecified atom stereocenters. The molecule has 19 heavy (non-hydrogen) atoms. The number of nitrogens with one attached hydrogen (secondary N) is 1. The van der Waals surface area contributed by atoms with Gasteiger partial charge in [0.15, 0.2) is 0 Å². The Bertz CT molecular complexity index is 483. The molecule has 5 heteroatoms. The van der Waals surface area contributed by atoms with Crippen LogP contribution in [-0.2, 0) is 11.2 Å². The van der Waals surface area contributed by atoms with Gasteiger partial charge in [-0.3, -0.25) is 0 Å². The topological polar surface area (TPSA) is 41.5 Å². The maximum atomic E-state index is 9.43. The summed E-state index contributed by atoms with van der Waals surface area (Å²) in [5, 5.41) is 14.4. The van der Waals surface area contributed by atoms with Crippen LogP contribution in [-0.4, -0.2) is 31.5 Å². The number of fused-ring (bicyclic) bond motifs is 1. The normalized spacial score (nSPS) is 24.1. The second kappa shape index (κ2) is 5.23. The molecule has 104 valence electrons. The van der Waals surface area contributed by atoms with E-state index in [0.717, 1.165) is 24.4 Å². The number of aliphatic hydroxyl groups excluding tert-OH is 1. The van der Waals surface area contributed by atoms with Crippen LogP contribution in [0.3, 0.4) is 0 Å². The molecule has 2 N–H and O–H groups in total. The Balaban J connectivity index is 1.72. The van der Waals surface area contributed by atoms with Gasteiger partial charge in [-0.25, -0.2) is 0 Å². The molecule has 1 fully saturated rings. The first-order chi connectivity index (χ1) is 9.13. The Labute approximate surface area is 122 Å². The maximum absolute atomic E-state index is 9.43. The highest BCUT2D eigenvalue weighted by Crippen LogP contribution is 2.38. The Morgan fingerprint density at radius 2 is 2.16 bits per heavy atom. The number of rotatable bonds is 4. The van der Waals surface area contributed by atoms with Gasteiger partial charge in [-0.2, -0.15) is 0 Å². The number of hydrogen-bond donors (Lipinski definition) is 2. The standard InChI is InChI=1S/C14H17Cl2NO2/c15-9-3-11-10(12(16)4-9)1-2-13(11)17-5-14(6-18)7-19-8-14/h3-4,13,17-18H,1-2,5-8H2. The summed E-state index contributed by atoms with van der Waals surface area (Å²) in [6, 6.07) is 4.07. The summed E-state index contributed by atoms with van der Waals surface area (Å²) in [6.45, 7) is 2.19. The molecule has 0 spiro atoms. The van der Waals surface area contributed by atoms with E-state index in [0.29, 0.717) is 18.2 Å². The minimum atomic E-state index is -0.106. The van der Waals surface area contributed by atoms with E-state index in [9.17, 15) is 5.11 Å². The fourth-order valence-corrected chi connectivity index (χ4v) is 3.44. The summed E-state index contributed by atoms with van der Waals surface area (Å²) in [5.74, 6) is 0. The molecular weight excluding hydrogens is 285 g/mol. The molecule has 0 aromatic heterocycles. The lowest BCUT2D eigenvalue weighted by Crippen LogP contribution is -2.52. The van der Waals surface area contributed by atoms with Gasteiger partial charge in [-0.1, -0.05) is 23.2 Å². The van der Waals surface area contributed by atoms with Gasteiger partial charge in [0, 0.05) is 22.6 Å². The van der Waals surface area contributed by atoms with Gasteiger partial charge in [-0.15, -0.1) is 0 Å². The zero-order valence-corrected chi connectivity index (χ0v) is 12.1. The molecule has 1 aliphatic heterocycles. The van der Waals surface area contributed by atoms with E-state index < -0.39 is 0 Å². The lowest BCUT2D eigenvalue weighted by molar-refractivity contribution is -0.135. The van der Waals surface area contributed by atoms with Crippen molar-refractivity contribution in [3.63, 3.8) is 0 Å². The molecule has 1 aromatic carbocycles. The van der Waals surface area contributed by atoms with Crippen LogP contribution in [0.1, 0.15) is 23.6 Å². The van der Waals surface area contributed by atoms with Crippen molar-refractivity contribution in [2.24, 2.45) is 5.41 Å². The van der Waals surface area contributed by atoms with Gasteiger partial charge in [0.05, 0.1) is 25.2 Å². The van der Waals surface area contributed by atoms with Crippen LogP contribution in [0.2, 0.25) is 10.0 Å². The number of hydrogen-bond acceptors (Lipinski definition) is 3. The van der Waals surface area contributed by atoms with E-state index >= 15 is 0 Å². The van der Waals surface area contributed by atoms with Crippen molar-refractivity contribution in [2.75, 3.05) is 26.4 Å². The third-order valence-electron chi connectivity index (χ3n) is 4.13. The minimum Gasteiger partial charge on any atom is -0.396 e. The summed E-state index contributed by atoms with van der Waals surface area (Å²) in [4.78, 5) is 0. The van der Waals surface area contributed by atoms with E-state index in [4.69, 9.17) is 27.9 Å². The van der Waals surface area contributed by atoms with Gasteiger partial charge in [0.25, 0.3) is 0 Å². The molecular formula is C14H17Cl2NO2. The quantitative estimate of drug-likeness (QED) is 0.898. The highest BCUT2D eigenvalue weighted by atomic mass is 35.5. The smallest absolute Gasteiger partial charge is 0.0579 e. The van der Waals surface area contributed by atoms with Crippen LogP contribution in [0, 0.1) is 5.41 Å². The highest BCUT2D eigenvalue weighted by molar-refractivity contribution is 6.35. The van der Waals surface area contributed by atoms with E-state index in [1.54, 1.807) is 6.07 Å². The van der Waals surface area contributed by atoms with Crippen LogP contribution in [0.4, 0.5) is 0 Å². The Hall–Kier alpha value is -0.320. The molecule has 0 bridgehead atoms. The molecule has 1 aliphatic carbocycles. The van der Waals surface area contributed by atoms with Crippen LogP contribution in [0.15, 0.2) is 12.1 Å². The van der Waals surface area contributed by atoms with Crippen molar-refractivity contribution in [3.8, 4) is 0 Å². The lowest BCUT2D eigenvalue weighted by Gasteiger charge is -2.40. The van der Waals surface area contributed by atoms with Gasteiger partial charge >= 0.3 is 0 Å². The largest absolute Gasteiger partial charge is 0.396 e. The molecule has 2 aliphatic rings. The molecule has 3 nitrogen and oxygen atoms in total. The lowest BCUT2D eigenvalue weighted by atomic mass is 9.86. The van der Waals surface area contributed by atoms with Gasteiger partial charge in [-0.05, 0) is 36.1 Å². The molecule has 0 amide bonds. The third-order valence-corrected chi connectivity index (χ3v) is 4.68. The number of aliphatic hydroxyl groups is 1. The number of benzene rings is 1. The molecule has 3 rings (SSSR count). The van der Waals surface area contributed by atoms with E-state index in [1.165, 1.54) is 11.1 Å². The predicted octanol–water partition coefficient (Wildman–Crippen LogP) is 2.58. The van der Waals surface area contributed by atoms with Crippen LogP contribution in [0.5, 0.6) is 0 Å². The summed E-state index contributed by atoms with van der Waals surface area (Å²) in [6.07, 6.45) is 2.00. The second-order valence-corrected chi connectivity index (χ2v) is 6.42. The first-order valence-corrected chi connectivity index (χ1v) is 7.29. The average Bonchev–Trinajstić information content (AvgIpc) is 2.72. The SMILES string of the molecule is OCC1(CNC2CCc3c(Cl)cc(Cl)cc32)COC1. The van der Waals surface area contributed by atoms with Gasteiger partial charge in [0.1, 0.15) is 0 Å². The van der Waals surface area contributed by atoms with E-state index in [1.807, 2.05) is 6.07 Å². The fraction of sp³-hybridized carbons (Fsp3) is 0.571. The van der Waals surface area contributed by atoms with Crippen LogP contribution < -0.4 is 5.32 Å². The number of ether oxygens (including phenoxy) is 1. The Morgan fingerprint density at radius 1 is 1.37 bits per heavy atom. The van der Waals surface area contributed by atoms with Crippen molar-refractivity contribution in [3.05, 3.63) is 33.3 Å². The van der Waals surface area contributed by atoms with Crippen molar-refractivity contribution >= 4 is 23.2 Å². The second-order valence-electron chi connectivity index (χ2n) is 5.58. The van der Waals surface area contributed by atoms with Crippen molar-refractivity contribution in [1.29, 1.82) is 0 Å². The zero-order valence-electron chi connectivity index (χ0n) is 10.6. The van der Waals surface area contributed by atoms with Gasteiger partial charge < -0.3 is 15.2 Å². The van der Waals surface area contributed by atoms with Crippen molar-refractivity contribution in [1.82, 2.24) is 5.32 Å². The van der Waals surface area contributed by atoms with Crippen LogP contribution in [0.25, 0.3) is 0 Å². The minimum absolute atomic E-state index is 0.106. The summed E-state index contributed by atoms with van der Waals surface area (Å²) < 4.78 is 5.21. The monoisotopic (exact) mass is 301 g/mol. The first-order valence-electron chi connectivity index (χ1n) is 6.53. The molecule has 0 radical (unpaired) electrons. The van der Waals surface area contributed by atoms with Crippen molar-refractivity contribution in [2.45, 2.75) is 18.9 Å². The maximum Gasteiger partial charge on any atom is 0.0579 e. The predicted molar refractivity (Wildman–Crippen MR) is 75.9 cm³/mol. The molecule has 0 saturated carbocycles. The van der Waals surface area contributed by atoms with E-state index in [2.05, 4.69) is 5.32 Å². The van der Waals surface area contributed by atoms with E-state index in [-0.39, 0.29) is 18.1 Å². The summed E-state index contributed by atoms with van der Waals surface area (Å²) in [5.41, 5.74) is 2.29. The number of halogens is 2. The highest BCUT2D eigenvalue weighted by Gasteiger charge is 2.39. The first kappa shape index (κ1) is 13.7. The zero-order chi connectivity index (χ0) is 13.5. The fourth-order valence-electron chi connectivity index (χ4n) is 2.83. The Morgan fingerprint density at radius 3 is 2.79 bits per heavy atom. The molecule has 1 saturated heterocycles. The van der Waals surface area contributed by atoms with Crippen molar-refractivity contribution < 1.29 is 9.84 Å². The van der Waals surface area contributed by atoms with Gasteiger partial charge in [0.2, 0.25) is 0 Å². The summed E-state index contributed by atoms with van der Waals surface area (Å²) in [7, 11) is 0. The summed E-state index contributed by atoms with van der Waals surface area (Å²) >= 11 is 12.3. The Kier molecular flexibility index (Phi) is 3.76.